The number of aliphatic hydroxyl groups is 1. The molecule has 0 aliphatic carbocycles. The minimum atomic E-state index is -0.292. The summed E-state index contributed by atoms with van der Waals surface area (Å²) in [5.74, 6) is -0.325. The third-order valence-corrected chi connectivity index (χ3v) is 4.58. The molecular formula is C17H23FN2O3. The third kappa shape index (κ3) is 4.28. The number of amides is 1. The number of fused-ring (bicyclic) bond motifs is 1. The highest BCUT2D eigenvalue weighted by Gasteiger charge is 2.37. The van der Waals surface area contributed by atoms with Gasteiger partial charge in [-0.25, -0.2) is 4.39 Å². The molecule has 2 heterocycles. The topological polar surface area (TPSA) is 61.8 Å². The van der Waals surface area contributed by atoms with Crippen LogP contribution in [-0.4, -0.2) is 60.4 Å². The second-order valence-corrected chi connectivity index (χ2v) is 6.38. The van der Waals surface area contributed by atoms with Crippen molar-refractivity contribution in [1.82, 2.24) is 10.2 Å². The fraction of sp³-hybridized carbons (Fsp3) is 0.588. The van der Waals surface area contributed by atoms with Crippen LogP contribution in [0.15, 0.2) is 24.3 Å². The van der Waals surface area contributed by atoms with Crippen LogP contribution in [0.5, 0.6) is 0 Å². The Labute approximate surface area is 135 Å². The number of hydrogen-bond donors (Lipinski definition) is 2. The average Bonchev–Trinajstić information content (AvgIpc) is 2.91. The van der Waals surface area contributed by atoms with E-state index in [9.17, 15) is 9.18 Å². The Morgan fingerprint density at radius 3 is 2.87 bits per heavy atom. The zero-order valence-electron chi connectivity index (χ0n) is 13.1. The molecule has 1 amide bonds. The summed E-state index contributed by atoms with van der Waals surface area (Å²) in [6.45, 7) is 2.44. The van der Waals surface area contributed by atoms with Gasteiger partial charge in [-0.1, -0.05) is 12.1 Å². The van der Waals surface area contributed by atoms with Gasteiger partial charge < -0.3 is 15.2 Å². The Hall–Kier alpha value is -1.50. The van der Waals surface area contributed by atoms with Gasteiger partial charge in [0.15, 0.2) is 0 Å². The van der Waals surface area contributed by atoms with Gasteiger partial charge in [0.25, 0.3) is 0 Å². The van der Waals surface area contributed by atoms with E-state index in [-0.39, 0.29) is 36.9 Å². The highest BCUT2D eigenvalue weighted by Crippen LogP contribution is 2.24. The SMILES string of the molecule is O=C(Cc1ccc(F)cc1)N[C@H]1C[C@H]2CO[C@@H](CCO)CN2C1. The van der Waals surface area contributed by atoms with Gasteiger partial charge in [-0.3, -0.25) is 9.69 Å². The first kappa shape index (κ1) is 16.4. The summed E-state index contributed by atoms with van der Waals surface area (Å²) in [5.41, 5.74) is 0.811. The largest absolute Gasteiger partial charge is 0.396 e. The van der Waals surface area contributed by atoms with Crippen molar-refractivity contribution in [2.75, 3.05) is 26.3 Å². The lowest BCUT2D eigenvalue weighted by molar-refractivity contribution is -0.121. The number of morpholine rings is 1. The lowest BCUT2D eigenvalue weighted by Gasteiger charge is -2.34. The van der Waals surface area contributed by atoms with Crippen LogP contribution in [0.1, 0.15) is 18.4 Å². The first-order valence-electron chi connectivity index (χ1n) is 8.14. The number of ether oxygens (including phenoxy) is 1. The van der Waals surface area contributed by atoms with E-state index < -0.39 is 0 Å². The molecule has 23 heavy (non-hydrogen) atoms. The summed E-state index contributed by atoms with van der Waals surface area (Å²) in [5, 5.41) is 12.1. The van der Waals surface area contributed by atoms with E-state index in [0.29, 0.717) is 19.1 Å². The Bertz CT molecular complexity index is 537. The van der Waals surface area contributed by atoms with E-state index in [4.69, 9.17) is 9.84 Å². The van der Waals surface area contributed by atoms with E-state index in [1.54, 1.807) is 12.1 Å². The summed E-state index contributed by atoms with van der Waals surface area (Å²) in [6.07, 6.45) is 1.90. The number of hydrogen-bond acceptors (Lipinski definition) is 4. The summed E-state index contributed by atoms with van der Waals surface area (Å²) in [4.78, 5) is 14.5. The molecule has 1 aromatic carbocycles. The number of benzene rings is 1. The molecule has 126 valence electrons. The predicted octanol–water partition coefficient (Wildman–Crippen LogP) is 0.708. The van der Waals surface area contributed by atoms with Crippen LogP contribution >= 0.6 is 0 Å². The summed E-state index contributed by atoms with van der Waals surface area (Å²) in [6, 6.07) is 6.50. The lowest BCUT2D eigenvalue weighted by Crippen LogP contribution is -2.46. The van der Waals surface area contributed by atoms with Gasteiger partial charge in [0.2, 0.25) is 5.91 Å². The van der Waals surface area contributed by atoms with E-state index in [1.165, 1.54) is 12.1 Å². The van der Waals surface area contributed by atoms with Crippen molar-refractivity contribution < 1.29 is 19.0 Å². The molecule has 0 spiro atoms. The van der Waals surface area contributed by atoms with Gasteiger partial charge >= 0.3 is 0 Å². The van der Waals surface area contributed by atoms with E-state index >= 15 is 0 Å². The monoisotopic (exact) mass is 322 g/mol. The van der Waals surface area contributed by atoms with Crippen LogP contribution < -0.4 is 5.32 Å². The number of halogens is 1. The highest BCUT2D eigenvalue weighted by molar-refractivity contribution is 5.78. The molecular weight excluding hydrogens is 299 g/mol. The van der Waals surface area contributed by atoms with Crippen LogP contribution in [0.25, 0.3) is 0 Å². The minimum Gasteiger partial charge on any atom is -0.396 e. The van der Waals surface area contributed by atoms with Crippen molar-refractivity contribution in [3.05, 3.63) is 35.6 Å². The summed E-state index contributed by atoms with van der Waals surface area (Å²) < 4.78 is 18.6. The highest BCUT2D eigenvalue weighted by atomic mass is 19.1. The Kier molecular flexibility index (Phi) is 5.25. The molecule has 3 atom stereocenters. The number of nitrogens with zero attached hydrogens (tertiary/aromatic N) is 1. The van der Waals surface area contributed by atoms with Crippen LogP contribution in [0.2, 0.25) is 0 Å². The molecule has 2 aliphatic rings. The molecule has 2 saturated heterocycles. The average molecular weight is 322 g/mol. The van der Waals surface area contributed by atoms with E-state index in [2.05, 4.69) is 10.2 Å². The lowest BCUT2D eigenvalue weighted by atomic mass is 10.1. The van der Waals surface area contributed by atoms with Gasteiger partial charge in [-0.15, -0.1) is 0 Å². The predicted molar refractivity (Wildman–Crippen MR) is 83.5 cm³/mol. The summed E-state index contributed by atoms with van der Waals surface area (Å²) >= 11 is 0. The van der Waals surface area contributed by atoms with Gasteiger partial charge in [0.05, 0.1) is 19.1 Å². The normalized spacial score (nSPS) is 27.7. The number of rotatable bonds is 5. The Morgan fingerprint density at radius 1 is 1.35 bits per heavy atom. The molecule has 0 aromatic heterocycles. The maximum Gasteiger partial charge on any atom is 0.224 e. The van der Waals surface area contributed by atoms with Crippen LogP contribution in [0.4, 0.5) is 4.39 Å². The van der Waals surface area contributed by atoms with Crippen molar-refractivity contribution in [3.8, 4) is 0 Å². The smallest absolute Gasteiger partial charge is 0.224 e. The quantitative estimate of drug-likeness (QED) is 0.838. The molecule has 2 fully saturated rings. The molecule has 2 aliphatic heterocycles. The van der Waals surface area contributed by atoms with Gasteiger partial charge in [0, 0.05) is 31.8 Å². The van der Waals surface area contributed by atoms with Crippen molar-refractivity contribution >= 4 is 5.91 Å². The van der Waals surface area contributed by atoms with Gasteiger partial charge in [-0.2, -0.15) is 0 Å². The molecule has 3 rings (SSSR count). The Morgan fingerprint density at radius 2 is 2.13 bits per heavy atom. The molecule has 0 unspecified atom stereocenters. The second kappa shape index (κ2) is 7.38. The maximum absolute atomic E-state index is 12.9. The van der Waals surface area contributed by atoms with Crippen molar-refractivity contribution in [1.29, 1.82) is 0 Å². The molecule has 1 aromatic rings. The maximum atomic E-state index is 12.9. The van der Waals surface area contributed by atoms with Crippen LogP contribution in [0.3, 0.4) is 0 Å². The zero-order valence-corrected chi connectivity index (χ0v) is 13.1. The first-order chi connectivity index (χ1) is 11.1. The Balaban J connectivity index is 1.48. The van der Waals surface area contributed by atoms with Crippen molar-refractivity contribution in [2.24, 2.45) is 0 Å². The fourth-order valence-electron chi connectivity index (χ4n) is 3.43. The molecule has 2 N–H and O–H groups in total. The molecule has 0 bridgehead atoms. The number of nitrogens with one attached hydrogen (secondary N) is 1. The van der Waals surface area contributed by atoms with Crippen molar-refractivity contribution in [2.45, 2.75) is 37.5 Å². The second-order valence-electron chi connectivity index (χ2n) is 6.38. The number of aliphatic hydroxyl groups excluding tert-OH is 1. The van der Waals surface area contributed by atoms with Crippen molar-refractivity contribution in [3.63, 3.8) is 0 Å². The standard InChI is InChI=1S/C17H23FN2O3/c18-13-3-1-12(2-4-13)7-17(22)19-14-8-15-11-23-16(5-6-21)10-20(15)9-14/h1-4,14-16,21H,5-11H2,(H,19,22)/t14-,15-,16-/m0/s1. The fourth-order valence-corrected chi connectivity index (χ4v) is 3.43. The number of carbonyl (C=O) groups excluding carboxylic acids is 1. The van der Waals surface area contributed by atoms with Gasteiger partial charge in [0.1, 0.15) is 5.82 Å². The number of carbonyl (C=O) groups is 1. The van der Waals surface area contributed by atoms with E-state index in [1.807, 2.05) is 0 Å². The minimum absolute atomic E-state index is 0.0331. The van der Waals surface area contributed by atoms with Gasteiger partial charge in [-0.05, 0) is 30.5 Å². The third-order valence-electron chi connectivity index (χ3n) is 4.58. The molecule has 5 nitrogen and oxygen atoms in total. The van der Waals surface area contributed by atoms with Crippen LogP contribution in [-0.2, 0) is 16.0 Å². The first-order valence-corrected chi connectivity index (χ1v) is 8.14. The van der Waals surface area contributed by atoms with Crippen LogP contribution in [0, 0.1) is 5.82 Å². The van der Waals surface area contributed by atoms with E-state index in [0.717, 1.165) is 25.1 Å². The summed E-state index contributed by atoms with van der Waals surface area (Å²) in [7, 11) is 0. The zero-order chi connectivity index (χ0) is 16.2. The molecule has 6 heteroatoms. The molecule has 0 saturated carbocycles. The molecule has 0 radical (unpaired) electrons.